The van der Waals surface area contributed by atoms with Crippen LogP contribution in [0.3, 0.4) is 0 Å². The molecule has 0 radical (unpaired) electrons. The van der Waals surface area contributed by atoms with Crippen molar-refractivity contribution in [2.45, 2.75) is 12.5 Å². The molecule has 0 spiro atoms. The van der Waals surface area contributed by atoms with Crippen LogP contribution in [0.2, 0.25) is 5.02 Å². The Balaban J connectivity index is 1.66. The molecule has 3 rings (SSSR count). The van der Waals surface area contributed by atoms with Gasteiger partial charge in [0.25, 0.3) is 5.91 Å². The van der Waals surface area contributed by atoms with Crippen molar-refractivity contribution in [2.75, 3.05) is 13.2 Å². The van der Waals surface area contributed by atoms with Gasteiger partial charge in [0.05, 0.1) is 24.3 Å². The Morgan fingerprint density at radius 3 is 2.91 bits per heavy atom. The molecule has 116 valence electrons. The number of rotatable bonds is 4. The SMILES string of the molecule is Cn1cc(Cl)cc1C(=O)N[C@@H]1COC[C@H]1Cc1ccncc1. The largest absolute Gasteiger partial charge is 0.379 e. The maximum absolute atomic E-state index is 12.4. The van der Waals surface area contributed by atoms with Gasteiger partial charge in [0.2, 0.25) is 0 Å². The van der Waals surface area contributed by atoms with E-state index < -0.39 is 0 Å². The number of ether oxygens (including phenoxy) is 1. The lowest BCUT2D eigenvalue weighted by atomic mass is 9.95. The van der Waals surface area contributed by atoms with Crippen LogP contribution in [-0.2, 0) is 18.2 Å². The number of hydrogen-bond donors (Lipinski definition) is 1. The van der Waals surface area contributed by atoms with Gasteiger partial charge >= 0.3 is 0 Å². The van der Waals surface area contributed by atoms with Crippen LogP contribution in [-0.4, -0.2) is 34.7 Å². The van der Waals surface area contributed by atoms with Crippen molar-refractivity contribution in [3.63, 3.8) is 0 Å². The van der Waals surface area contributed by atoms with E-state index in [-0.39, 0.29) is 17.9 Å². The molecule has 0 unspecified atom stereocenters. The summed E-state index contributed by atoms with van der Waals surface area (Å²) in [6.45, 7) is 1.20. The van der Waals surface area contributed by atoms with Gasteiger partial charge in [-0.25, -0.2) is 0 Å². The molecule has 22 heavy (non-hydrogen) atoms. The number of halogens is 1. The minimum absolute atomic E-state index is 0.00865. The van der Waals surface area contributed by atoms with Gasteiger partial charge in [0.1, 0.15) is 5.69 Å². The first-order valence-corrected chi connectivity index (χ1v) is 7.60. The van der Waals surface area contributed by atoms with Crippen LogP contribution in [0, 0.1) is 5.92 Å². The number of nitrogens with one attached hydrogen (secondary N) is 1. The number of amides is 1. The second kappa shape index (κ2) is 6.50. The molecule has 1 amide bonds. The van der Waals surface area contributed by atoms with E-state index in [1.54, 1.807) is 36.3 Å². The van der Waals surface area contributed by atoms with E-state index in [0.717, 1.165) is 6.42 Å². The molecular weight excluding hydrogens is 302 g/mol. The average molecular weight is 320 g/mol. The minimum atomic E-state index is -0.121. The van der Waals surface area contributed by atoms with E-state index >= 15 is 0 Å². The molecule has 2 atom stereocenters. The molecule has 3 heterocycles. The topological polar surface area (TPSA) is 56.2 Å². The Morgan fingerprint density at radius 2 is 2.23 bits per heavy atom. The molecule has 1 aliphatic heterocycles. The van der Waals surface area contributed by atoms with E-state index in [1.807, 2.05) is 12.1 Å². The first-order valence-electron chi connectivity index (χ1n) is 7.23. The lowest BCUT2D eigenvalue weighted by molar-refractivity contribution is 0.0917. The number of carbonyl (C=O) groups is 1. The predicted molar refractivity (Wildman–Crippen MR) is 83.9 cm³/mol. The third kappa shape index (κ3) is 3.31. The average Bonchev–Trinajstić information content (AvgIpc) is 3.06. The molecule has 0 saturated carbocycles. The van der Waals surface area contributed by atoms with E-state index in [1.165, 1.54) is 5.56 Å². The predicted octanol–water partition coefficient (Wildman–Crippen LogP) is 2.06. The van der Waals surface area contributed by atoms with Crippen LogP contribution in [0.15, 0.2) is 36.8 Å². The quantitative estimate of drug-likeness (QED) is 0.938. The molecule has 1 saturated heterocycles. The Kier molecular flexibility index (Phi) is 4.45. The molecule has 1 aliphatic rings. The van der Waals surface area contributed by atoms with Crippen LogP contribution in [0.1, 0.15) is 16.1 Å². The van der Waals surface area contributed by atoms with E-state index in [4.69, 9.17) is 16.3 Å². The zero-order valence-corrected chi connectivity index (χ0v) is 13.1. The van der Waals surface area contributed by atoms with Gasteiger partial charge in [-0.1, -0.05) is 11.6 Å². The second-order valence-corrected chi connectivity index (χ2v) is 6.03. The molecule has 1 fully saturated rings. The van der Waals surface area contributed by atoms with Crippen molar-refractivity contribution in [2.24, 2.45) is 13.0 Å². The van der Waals surface area contributed by atoms with E-state index in [2.05, 4.69) is 10.3 Å². The highest BCUT2D eigenvalue weighted by atomic mass is 35.5. The molecule has 0 aliphatic carbocycles. The number of nitrogens with zero attached hydrogens (tertiary/aromatic N) is 2. The normalized spacial score (nSPS) is 21.0. The summed E-state index contributed by atoms with van der Waals surface area (Å²) < 4.78 is 7.28. The van der Waals surface area contributed by atoms with Crippen molar-refractivity contribution in [3.05, 3.63) is 53.1 Å². The van der Waals surface area contributed by atoms with Crippen LogP contribution in [0.25, 0.3) is 0 Å². The highest BCUT2D eigenvalue weighted by molar-refractivity contribution is 6.31. The molecule has 2 aromatic heterocycles. The standard InChI is InChI=1S/C16H18ClN3O2/c1-20-8-13(17)7-15(20)16(21)19-14-10-22-9-12(14)6-11-2-4-18-5-3-11/h2-5,7-8,12,14H,6,9-10H2,1H3,(H,19,21)/t12-,14-/m1/s1. The maximum atomic E-state index is 12.4. The summed E-state index contributed by atoms with van der Waals surface area (Å²) in [7, 11) is 1.81. The Bertz CT molecular complexity index is 657. The summed E-state index contributed by atoms with van der Waals surface area (Å²) >= 11 is 5.93. The van der Waals surface area contributed by atoms with Gasteiger partial charge in [-0.05, 0) is 30.2 Å². The highest BCUT2D eigenvalue weighted by Gasteiger charge is 2.30. The number of hydrogen-bond acceptors (Lipinski definition) is 3. The summed E-state index contributed by atoms with van der Waals surface area (Å²) in [6.07, 6.45) is 6.15. The number of aromatic nitrogens is 2. The highest BCUT2D eigenvalue weighted by Crippen LogP contribution is 2.20. The van der Waals surface area contributed by atoms with Crippen molar-refractivity contribution in [3.8, 4) is 0 Å². The molecule has 0 bridgehead atoms. The molecule has 6 heteroatoms. The molecule has 2 aromatic rings. The lowest BCUT2D eigenvalue weighted by Crippen LogP contribution is -2.41. The maximum Gasteiger partial charge on any atom is 0.268 e. The zero-order chi connectivity index (χ0) is 15.5. The summed E-state index contributed by atoms with van der Waals surface area (Å²) in [5.41, 5.74) is 1.76. The number of pyridine rings is 1. The number of aryl methyl sites for hydroxylation is 1. The fourth-order valence-electron chi connectivity index (χ4n) is 2.77. The Hall–Kier alpha value is -1.85. The minimum Gasteiger partial charge on any atom is -0.379 e. The fourth-order valence-corrected chi connectivity index (χ4v) is 3.02. The lowest BCUT2D eigenvalue weighted by Gasteiger charge is -2.19. The van der Waals surface area contributed by atoms with Gasteiger partial charge in [-0.15, -0.1) is 0 Å². The van der Waals surface area contributed by atoms with Gasteiger partial charge in [0, 0.05) is 31.6 Å². The summed E-state index contributed by atoms with van der Waals surface area (Å²) in [5.74, 6) is 0.145. The van der Waals surface area contributed by atoms with Crippen LogP contribution in [0.4, 0.5) is 0 Å². The van der Waals surface area contributed by atoms with E-state index in [9.17, 15) is 4.79 Å². The van der Waals surface area contributed by atoms with Crippen molar-refractivity contribution < 1.29 is 9.53 Å². The van der Waals surface area contributed by atoms with Gasteiger partial charge in [-0.2, -0.15) is 0 Å². The van der Waals surface area contributed by atoms with Crippen molar-refractivity contribution in [1.29, 1.82) is 0 Å². The first kappa shape index (κ1) is 15.1. The molecule has 0 aromatic carbocycles. The monoisotopic (exact) mass is 319 g/mol. The first-order chi connectivity index (χ1) is 10.6. The van der Waals surface area contributed by atoms with Crippen LogP contribution in [0.5, 0.6) is 0 Å². The third-order valence-corrected chi connectivity index (χ3v) is 4.17. The molecule has 5 nitrogen and oxygen atoms in total. The summed E-state index contributed by atoms with van der Waals surface area (Å²) in [6, 6.07) is 5.67. The van der Waals surface area contributed by atoms with Crippen molar-refractivity contribution in [1.82, 2.24) is 14.9 Å². The second-order valence-electron chi connectivity index (χ2n) is 5.59. The van der Waals surface area contributed by atoms with Gasteiger partial charge in [-0.3, -0.25) is 9.78 Å². The summed E-state index contributed by atoms with van der Waals surface area (Å²) in [5, 5.41) is 3.62. The third-order valence-electron chi connectivity index (χ3n) is 3.97. The van der Waals surface area contributed by atoms with Gasteiger partial charge < -0.3 is 14.6 Å². The van der Waals surface area contributed by atoms with Crippen LogP contribution < -0.4 is 5.32 Å². The smallest absolute Gasteiger partial charge is 0.268 e. The zero-order valence-electron chi connectivity index (χ0n) is 12.3. The van der Waals surface area contributed by atoms with Crippen molar-refractivity contribution >= 4 is 17.5 Å². The molecule has 1 N–H and O–H groups in total. The fraction of sp³-hybridized carbons (Fsp3) is 0.375. The Morgan fingerprint density at radius 1 is 1.45 bits per heavy atom. The Labute approximate surface area is 134 Å². The van der Waals surface area contributed by atoms with E-state index in [0.29, 0.717) is 23.9 Å². The molecular formula is C16H18ClN3O2. The van der Waals surface area contributed by atoms with Crippen LogP contribution >= 0.6 is 11.6 Å². The van der Waals surface area contributed by atoms with Gasteiger partial charge in [0.15, 0.2) is 0 Å². The summed E-state index contributed by atoms with van der Waals surface area (Å²) in [4.78, 5) is 16.4. The number of carbonyl (C=O) groups excluding carboxylic acids is 1.